The maximum Gasteiger partial charge on any atom is 0.131 e. The molecule has 0 fully saturated rings. The Morgan fingerprint density at radius 3 is 2.48 bits per heavy atom. The summed E-state index contributed by atoms with van der Waals surface area (Å²) >= 11 is 1.61. The van der Waals surface area contributed by atoms with E-state index in [1.807, 2.05) is 23.6 Å². The predicted octanol–water partition coefficient (Wildman–Crippen LogP) is 3.80. The quantitative estimate of drug-likeness (QED) is 0.882. The third-order valence-electron chi connectivity index (χ3n) is 3.88. The molecule has 0 saturated heterocycles. The molecule has 0 amide bonds. The van der Waals surface area contributed by atoms with Crippen molar-refractivity contribution in [1.29, 1.82) is 0 Å². The van der Waals surface area contributed by atoms with Crippen LogP contribution in [0.5, 0.6) is 11.5 Å². The second-order valence-electron chi connectivity index (χ2n) is 4.97. The van der Waals surface area contributed by atoms with Crippen LogP contribution in [0.3, 0.4) is 0 Å². The van der Waals surface area contributed by atoms with Crippen LogP contribution in [-0.2, 0) is 5.54 Å². The maximum absolute atomic E-state index is 6.42. The van der Waals surface area contributed by atoms with Crippen molar-refractivity contribution in [2.45, 2.75) is 32.2 Å². The first-order chi connectivity index (χ1) is 10.1. The molecule has 2 rings (SSSR count). The predicted molar refractivity (Wildman–Crippen MR) is 87.1 cm³/mol. The SMILES string of the molecule is CCC(N)(CC)c1nc(-c2ccc(OC)cc2OC)cs1. The van der Waals surface area contributed by atoms with E-state index < -0.39 is 0 Å². The van der Waals surface area contributed by atoms with E-state index in [0.717, 1.165) is 40.6 Å². The minimum Gasteiger partial charge on any atom is -0.497 e. The van der Waals surface area contributed by atoms with Gasteiger partial charge >= 0.3 is 0 Å². The van der Waals surface area contributed by atoms with Crippen LogP contribution in [0.1, 0.15) is 31.7 Å². The normalized spacial score (nSPS) is 11.5. The molecule has 4 nitrogen and oxygen atoms in total. The lowest BCUT2D eigenvalue weighted by Gasteiger charge is -2.23. The molecule has 0 spiro atoms. The number of hydrogen-bond acceptors (Lipinski definition) is 5. The lowest BCUT2D eigenvalue weighted by atomic mass is 9.95. The van der Waals surface area contributed by atoms with E-state index in [9.17, 15) is 0 Å². The van der Waals surface area contributed by atoms with Gasteiger partial charge in [-0.15, -0.1) is 11.3 Å². The van der Waals surface area contributed by atoms with Crippen molar-refractivity contribution in [3.05, 3.63) is 28.6 Å². The molecule has 2 N–H and O–H groups in total. The summed E-state index contributed by atoms with van der Waals surface area (Å²) in [6.45, 7) is 4.19. The van der Waals surface area contributed by atoms with Gasteiger partial charge in [-0.2, -0.15) is 0 Å². The van der Waals surface area contributed by atoms with Gasteiger partial charge in [-0.1, -0.05) is 13.8 Å². The molecule has 0 radical (unpaired) electrons. The summed E-state index contributed by atoms with van der Waals surface area (Å²) < 4.78 is 10.7. The van der Waals surface area contributed by atoms with Crippen LogP contribution >= 0.6 is 11.3 Å². The van der Waals surface area contributed by atoms with Crippen LogP contribution in [0.4, 0.5) is 0 Å². The summed E-state index contributed by atoms with van der Waals surface area (Å²) in [7, 11) is 3.29. The van der Waals surface area contributed by atoms with Crippen molar-refractivity contribution in [3.63, 3.8) is 0 Å². The van der Waals surface area contributed by atoms with Crippen LogP contribution in [-0.4, -0.2) is 19.2 Å². The van der Waals surface area contributed by atoms with Crippen molar-refractivity contribution in [2.24, 2.45) is 5.73 Å². The van der Waals surface area contributed by atoms with Gasteiger partial charge in [0, 0.05) is 17.0 Å². The third kappa shape index (κ3) is 3.04. The number of ether oxygens (including phenoxy) is 2. The Balaban J connectivity index is 2.42. The highest BCUT2D eigenvalue weighted by Crippen LogP contribution is 2.36. The molecule has 1 aromatic carbocycles. The van der Waals surface area contributed by atoms with Crippen LogP contribution in [0.15, 0.2) is 23.6 Å². The molecule has 2 aromatic rings. The molecular formula is C16H22N2O2S. The first-order valence-electron chi connectivity index (χ1n) is 7.05. The highest BCUT2D eigenvalue weighted by Gasteiger charge is 2.27. The molecule has 1 heterocycles. The monoisotopic (exact) mass is 306 g/mol. The second kappa shape index (κ2) is 6.45. The first-order valence-corrected chi connectivity index (χ1v) is 7.93. The average molecular weight is 306 g/mol. The highest BCUT2D eigenvalue weighted by atomic mass is 32.1. The summed E-state index contributed by atoms with van der Waals surface area (Å²) in [5.41, 5.74) is 7.93. The lowest BCUT2D eigenvalue weighted by molar-refractivity contribution is 0.395. The molecule has 0 aliphatic carbocycles. The van der Waals surface area contributed by atoms with Gasteiger partial charge in [-0.25, -0.2) is 4.98 Å². The standard InChI is InChI=1S/C16H22N2O2S/c1-5-16(17,6-2)15-18-13(10-21-15)12-8-7-11(19-3)9-14(12)20-4/h7-10H,5-6,17H2,1-4H3. The van der Waals surface area contributed by atoms with Crippen molar-refractivity contribution >= 4 is 11.3 Å². The van der Waals surface area contributed by atoms with Gasteiger partial charge in [0.25, 0.3) is 0 Å². The number of thiazole rings is 1. The second-order valence-corrected chi connectivity index (χ2v) is 5.83. The molecule has 0 aliphatic rings. The zero-order chi connectivity index (χ0) is 15.5. The topological polar surface area (TPSA) is 57.4 Å². The summed E-state index contributed by atoms with van der Waals surface area (Å²) in [5, 5.41) is 3.01. The van der Waals surface area contributed by atoms with Crippen LogP contribution in [0.25, 0.3) is 11.3 Å². The Morgan fingerprint density at radius 1 is 1.19 bits per heavy atom. The van der Waals surface area contributed by atoms with Gasteiger partial charge in [0.2, 0.25) is 0 Å². The van der Waals surface area contributed by atoms with E-state index in [-0.39, 0.29) is 5.54 Å². The molecule has 0 bridgehead atoms. The summed E-state index contributed by atoms with van der Waals surface area (Å²) in [4.78, 5) is 4.73. The minimum atomic E-state index is -0.345. The van der Waals surface area contributed by atoms with Crippen molar-refractivity contribution in [1.82, 2.24) is 4.98 Å². The van der Waals surface area contributed by atoms with Crippen LogP contribution < -0.4 is 15.2 Å². The van der Waals surface area contributed by atoms with Gasteiger partial charge in [0.15, 0.2) is 0 Å². The Hall–Kier alpha value is -1.59. The fraction of sp³-hybridized carbons (Fsp3) is 0.438. The number of rotatable bonds is 6. The van der Waals surface area contributed by atoms with E-state index in [1.54, 1.807) is 25.6 Å². The zero-order valence-electron chi connectivity index (χ0n) is 13.0. The average Bonchev–Trinajstić information content (AvgIpc) is 3.03. The molecule has 21 heavy (non-hydrogen) atoms. The van der Waals surface area contributed by atoms with Crippen molar-refractivity contribution in [3.8, 4) is 22.8 Å². The molecule has 1 aromatic heterocycles. The zero-order valence-corrected chi connectivity index (χ0v) is 13.8. The summed E-state index contributed by atoms with van der Waals surface area (Å²) in [5.74, 6) is 1.52. The number of methoxy groups -OCH3 is 2. The molecule has 0 aliphatic heterocycles. The van der Waals surface area contributed by atoms with Crippen LogP contribution in [0, 0.1) is 0 Å². The van der Waals surface area contributed by atoms with E-state index in [2.05, 4.69) is 13.8 Å². The first kappa shape index (κ1) is 15.8. The Morgan fingerprint density at radius 2 is 1.90 bits per heavy atom. The third-order valence-corrected chi connectivity index (χ3v) is 4.94. The van der Waals surface area contributed by atoms with Crippen molar-refractivity contribution in [2.75, 3.05) is 14.2 Å². The smallest absolute Gasteiger partial charge is 0.131 e. The summed E-state index contributed by atoms with van der Waals surface area (Å²) in [6.07, 6.45) is 1.74. The lowest BCUT2D eigenvalue weighted by Crippen LogP contribution is -2.34. The van der Waals surface area contributed by atoms with E-state index >= 15 is 0 Å². The molecule has 5 heteroatoms. The molecular weight excluding hydrogens is 284 g/mol. The van der Waals surface area contributed by atoms with Crippen LogP contribution in [0.2, 0.25) is 0 Å². The minimum absolute atomic E-state index is 0.345. The molecule has 0 atom stereocenters. The van der Waals surface area contributed by atoms with Gasteiger partial charge in [0.1, 0.15) is 16.5 Å². The number of hydrogen-bond donors (Lipinski definition) is 1. The molecule has 0 saturated carbocycles. The molecule has 0 unspecified atom stereocenters. The summed E-state index contributed by atoms with van der Waals surface area (Å²) in [6, 6.07) is 5.74. The van der Waals surface area contributed by atoms with Crippen molar-refractivity contribution < 1.29 is 9.47 Å². The Kier molecular flexibility index (Phi) is 4.85. The molecule has 114 valence electrons. The van der Waals surface area contributed by atoms with Gasteiger partial charge in [-0.05, 0) is 25.0 Å². The van der Waals surface area contributed by atoms with E-state index in [0.29, 0.717) is 0 Å². The largest absolute Gasteiger partial charge is 0.497 e. The Bertz CT molecular complexity index is 606. The van der Waals surface area contributed by atoms with E-state index in [1.165, 1.54) is 0 Å². The fourth-order valence-electron chi connectivity index (χ4n) is 2.19. The van der Waals surface area contributed by atoms with Gasteiger partial charge in [-0.3, -0.25) is 0 Å². The maximum atomic E-state index is 6.42. The van der Waals surface area contributed by atoms with Gasteiger partial charge in [0.05, 0.1) is 25.5 Å². The highest BCUT2D eigenvalue weighted by molar-refractivity contribution is 7.10. The fourth-order valence-corrected chi connectivity index (χ4v) is 3.27. The number of aromatic nitrogens is 1. The van der Waals surface area contributed by atoms with Gasteiger partial charge < -0.3 is 15.2 Å². The number of benzene rings is 1. The van der Waals surface area contributed by atoms with E-state index in [4.69, 9.17) is 20.2 Å². The number of nitrogens with zero attached hydrogens (tertiary/aromatic N) is 1. The Labute approximate surface area is 129 Å². The number of nitrogens with two attached hydrogens (primary N) is 1.